The van der Waals surface area contributed by atoms with Crippen LogP contribution in [0.3, 0.4) is 0 Å². The number of rotatable bonds is 4. The molecular weight excluding hydrogens is 392 g/mol. The maximum Gasteiger partial charge on any atom is 0.174 e. The van der Waals surface area contributed by atoms with Gasteiger partial charge < -0.3 is 19.9 Å². The van der Waals surface area contributed by atoms with E-state index in [1.54, 1.807) is 12.3 Å². The van der Waals surface area contributed by atoms with Gasteiger partial charge in [-0.05, 0) is 60.7 Å². The predicted octanol–water partition coefficient (Wildman–Crippen LogP) is 4.76. The van der Waals surface area contributed by atoms with Gasteiger partial charge in [0.15, 0.2) is 5.11 Å². The number of nitrogens with one attached hydrogen (secondary N) is 1. The first-order valence-corrected chi connectivity index (χ1v) is 10.2. The van der Waals surface area contributed by atoms with E-state index in [2.05, 4.69) is 33.1 Å². The van der Waals surface area contributed by atoms with Gasteiger partial charge in [0.25, 0.3) is 0 Å². The van der Waals surface area contributed by atoms with Gasteiger partial charge in [-0.25, -0.2) is 0 Å². The minimum Gasteiger partial charge on any atom is -0.506 e. The largest absolute Gasteiger partial charge is 0.506 e. The van der Waals surface area contributed by atoms with Crippen LogP contribution in [0.4, 0.5) is 5.69 Å². The first-order valence-electron chi connectivity index (χ1n) is 9.75. The van der Waals surface area contributed by atoms with Crippen LogP contribution in [0.5, 0.6) is 5.75 Å². The molecule has 2 aromatic heterocycles. The van der Waals surface area contributed by atoms with Crippen LogP contribution in [0.15, 0.2) is 97.3 Å². The summed E-state index contributed by atoms with van der Waals surface area (Å²) < 4.78 is 2.16. The number of para-hydroxylation sites is 3. The quantitative estimate of drug-likeness (QED) is 0.474. The van der Waals surface area contributed by atoms with Crippen molar-refractivity contribution in [1.29, 1.82) is 0 Å². The summed E-state index contributed by atoms with van der Waals surface area (Å²) in [7, 11) is 0. The van der Waals surface area contributed by atoms with E-state index in [4.69, 9.17) is 12.2 Å². The lowest BCUT2D eigenvalue weighted by molar-refractivity contribution is 0.472. The van der Waals surface area contributed by atoms with Crippen molar-refractivity contribution in [3.8, 4) is 11.4 Å². The molecule has 0 unspecified atom stereocenters. The fraction of sp³-hybridized carbons (Fsp3) is 0.0833. The van der Waals surface area contributed by atoms with Gasteiger partial charge in [0.1, 0.15) is 11.8 Å². The highest BCUT2D eigenvalue weighted by molar-refractivity contribution is 7.80. The van der Waals surface area contributed by atoms with Crippen molar-refractivity contribution in [2.75, 3.05) is 4.90 Å². The summed E-state index contributed by atoms with van der Waals surface area (Å²) >= 11 is 5.74. The lowest BCUT2D eigenvalue weighted by atomic mass is 10.0. The van der Waals surface area contributed by atoms with Crippen LogP contribution in [0.1, 0.15) is 23.5 Å². The highest BCUT2D eigenvalue weighted by Crippen LogP contribution is 2.44. The predicted molar refractivity (Wildman–Crippen MR) is 122 cm³/mol. The van der Waals surface area contributed by atoms with Gasteiger partial charge in [0.05, 0.1) is 17.4 Å². The van der Waals surface area contributed by atoms with Gasteiger partial charge in [-0.1, -0.05) is 36.4 Å². The van der Waals surface area contributed by atoms with E-state index in [1.165, 1.54) is 0 Å². The molecule has 5 nitrogen and oxygen atoms in total. The molecule has 0 spiro atoms. The Morgan fingerprint density at radius 3 is 2.40 bits per heavy atom. The number of hydrogen-bond acceptors (Lipinski definition) is 3. The summed E-state index contributed by atoms with van der Waals surface area (Å²) in [4.78, 5) is 6.57. The first-order chi connectivity index (χ1) is 14.7. The molecule has 148 valence electrons. The molecule has 2 atom stereocenters. The highest BCUT2D eigenvalue weighted by Gasteiger charge is 2.42. The van der Waals surface area contributed by atoms with E-state index in [1.807, 2.05) is 71.8 Å². The van der Waals surface area contributed by atoms with Crippen molar-refractivity contribution in [2.24, 2.45) is 0 Å². The van der Waals surface area contributed by atoms with Crippen molar-refractivity contribution < 1.29 is 5.11 Å². The zero-order chi connectivity index (χ0) is 20.5. The maximum absolute atomic E-state index is 10.6. The van der Waals surface area contributed by atoms with Crippen LogP contribution in [-0.4, -0.2) is 19.8 Å². The zero-order valence-corrected chi connectivity index (χ0v) is 16.9. The topological polar surface area (TPSA) is 53.3 Å². The summed E-state index contributed by atoms with van der Waals surface area (Å²) in [5.41, 5.74) is 3.67. The van der Waals surface area contributed by atoms with Gasteiger partial charge in [-0.3, -0.25) is 4.98 Å². The number of aromatic nitrogens is 2. The van der Waals surface area contributed by atoms with E-state index in [9.17, 15) is 5.11 Å². The van der Waals surface area contributed by atoms with E-state index < -0.39 is 0 Å². The van der Waals surface area contributed by atoms with Crippen molar-refractivity contribution in [3.05, 3.63) is 109 Å². The normalized spacial score (nSPS) is 18.4. The molecule has 0 saturated carbocycles. The molecule has 0 radical (unpaired) electrons. The third-order valence-corrected chi connectivity index (χ3v) is 5.67. The molecule has 30 heavy (non-hydrogen) atoms. The SMILES string of the molecule is Oc1ccccc1N1C(=S)N[C@H](c2ccccn2)[C@H]1c1cccn1-c1ccccc1. The van der Waals surface area contributed by atoms with Crippen molar-refractivity contribution in [1.82, 2.24) is 14.9 Å². The Kier molecular flexibility index (Phi) is 4.69. The molecule has 1 aliphatic heterocycles. The number of phenols is 1. The Balaban J connectivity index is 1.69. The second-order valence-electron chi connectivity index (χ2n) is 7.12. The number of anilines is 1. The Morgan fingerprint density at radius 1 is 0.867 bits per heavy atom. The smallest absolute Gasteiger partial charge is 0.174 e. The van der Waals surface area contributed by atoms with Gasteiger partial charge >= 0.3 is 0 Å². The molecule has 0 aliphatic carbocycles. The van der Waals surface area contributed by atoms with E-state index in [0.29, 0.717) is 10.8 Å². The summed E-state index contributed by atoms with van der Waals surface area (Å²) in [6, 6.07) is 27.1. The number of pyridine rings is 1. The number of phenolic OH excluding ortho intramolecular Hbond substituents is 1. The molecule has 0 amide bonds. The molecule has 1 fully saturated rings. The number of benzene rings is 2. The number of thiocarbonyl (C=S) groups is 1. The van der Waals surface area contributed by atoms with Gasteiger partial charge in [-0.15, -0.1) is 0 Å². The average molecular weight is 413 g/mol. The molecule has 5 rings (SSSR count). The fourth-order valence-corrected chi connectivity index (χ4v) is 4.38. The van der Waals surface area contributed by atoms with Crippen molar-refractivity contribution in [3.63, 3.8) is 0 Å². The minimum absolute atomic E-state index is 0.171. The Bertz CT molecular complexity index is 1180. The molecule has 3 heterocycles. The molecule has 1 saturated heterocycles. The number of hydrogen-bond donors (Lipinski definition) is 2. The van der Waals surface area contributed by atoms with Gasteiger partial charge in [0.2, 0.25) is 0 Å². The standard InChI is InChI=1S/C24H20N4OS/c29-21-14-5-4-12-19(21)28-23(22(26-24(28)30)18-11-6-7-15-25-18)20-13-8-16-27(20)17-9-2-1-3-10-17/h1-16,22-23,29H,(H,26,30)/t22-,23-/m1/s1. The first kappa shape index (κ1) is 18.4. The Labute approximate surface area is 180 Å². The minimum atomic E-state index is -0.198. The molecule has 0 bridgehead atoms. The Hall–Kier alpha value is -3.64. The van der Waals surface area contributed by atoms with E-state index in [-0.39, 0.29) is 17.8 Å². The van der Waals surface area contributed by atoms with Crippen LogP contribution in [0.25, 0.3) is 5.69 Å². The molecule has 2 aromatic carbocycles. The molecule has 1 aliphatic rings. The average Bonchev–Trinajstić information content (AvgIpc) is 3.40. The molecule has 6 heteroatoms. The summed E-state index contributed by atoms with van der Waals surface area (Å²) in [5, 5.41) is 14.6. The lowest BCUT2D eigenvalue weighted by Crippen LogP contribution is -2.30. The summed E-state index contributed by atoms with van der Waals surface area (Å²) in [6.45, 7) is 0. The van der Waals surface area contributed by atoms with Crippen molar-refractivity contribution in [2.45, 2.75) is 12.1 Å². The third-order valence-electron chi connectivity index (χ3n) is 5.36. The zero-order valence-electron chi connectivity index (χ0n) is 16.1. The lowest BCUT2D eigenvalue weighted by Gasteiger charge is -2.29. The van der Waals surface area contributed by atoms with E-state index >= 15 is 0 Å². The maximum atomic E-state index is 10.6. The second-order valence-corrected chi connectivity index (χ2v) is 7.51. The number of nitrogens with zero attached hydrogens (tertiary/aromatic N) is 3. The van der Waals surface area contributed by atoms with Crippen LogP contribution in [0, 0.1) is 0 Å². The second kappa shape index (κ2) is 7.65. The molecule has 2 N–H and O–H groups in total. The van der Waals surface area contributed by atoms with Crippen LogP contribution in [-0.2, 0) is 0 Å². The number of aromatic hydroxyl groups is 1. The summed E-state index contributed by atoms with van der Waals surface area (Å²) in [5.74, 6) is 0.186. The monoisotopic (exact) mass is 412 g/mol. The Morgan fingerprint density at radius 2 is 1.63 bits per heavy atom. The third kappa shape index (κ3) is 3.11. The van der Waals surface area contributed by atoms with Crippen LogP contribution < -0.4 is 10.2 Å². The van der Waals surface area contributed by atoms with Crippen LogP contribution in [0.2, 0.25) is 0 Å². The summed E-state index contributed by atoms with van der Waals surface area (Å²) in [6.07, 6.45) is 3.83. The van der Waals surface area contributed by atoms with Gasteiger partial charge in [-0.2, -0.15) is 0 Å². The van der Waals surface area contributed by atoms with Crippen molar-refractivity contribution >= 4 is 23.0 Å². The highest BCUT2D eigenvalue weighted by atomic mass is 32.1. The van der Waals surface area contributed by atoms with Crippen LogP contribution >= 0.6 is 12.2 Å². The molecule has 4 aromatic rings. The fourth-order valence-electron chi connectivity index (χ4n) is 4.04. The molecular formula is C24H20N4OS. The van der Waals surface area contributed by atoms with Gasteiger partial charge in [0, 0.05) is 23.8 Å². The van der Waals surface area contributed by atoms with E-state index in [0.717, 1.165) is 17.1 Å².